The first-order valence-corrected chi connectivity index (χ1v) is 8.01. The molecule has 0 saturated carbocycles. The third-order valence-corrected chi connectivity index (χ3v) is 4.22. The first kappa shape index (κ1) is 14.6. The highest BCUT2D eigenvalue weighted by atomic mass is 16.2. The Morgan fingerprint density at radius 2 is 1.89 bits per heavy atom. The smallest absolute Gasteiger partial charge is 0.234 e. The number of nitrogens with zero attached hydrogens (tertiary/aromatic N) is 1. The summed E-state index contributed by atoms with van der Waals surface area (Å²) in [6.07, 6.45) is 13.7. The molecule has 0 spiro atoms. The van der Waals surface area contributed by atoms with E-state index in [4.69, 9.17) is 0 Å². The summed E-state index contributed by atoms with van der Waals surface area (Å²) in [6, 6.07) is 0. The van der Waals surface area contributed by atoms with Crippen LogP contribution in [0.3, 0.4) is 0 Å². The monoisotopic (exact) mass is 264 g/mol. The largest absolute Gasteiger partial charge is 0.355 e. The van der Waals surface area contributed by atoms with Crippen molar-refractivity contribution in [2.75, 3.05) is 26.2 Å². The van der Waals surface area contributed by atoms with Gasteiger partial charge >= 0.3 is 0 Å². The van der Waals surface area contributed by atoms with E-state index < -0.39 is 0 Å². The lowest BCUT2D eigenvalue weighted by Crippen LogP contribution is -2.38. The molecule has 0 bridgehead atoms. The Bertz CT molecular complexity index is 304. The van der Waals surface area contributed by atoms with Crippen LogP contribution in [-0.2, 0) is 4.79 Å². The molecule has 19 heavy (non-hydrogen) atoms. The number of carbonyl (C=O) groups is 1. The number of hydrogen-bond donors (Lipinski definition) is 1. The van der Waals surface area contributed by atoms with E-state index in [1.807, 2.05) is 0 Å². The molecular weight excluding hydrogens is 236 g/mol. The average molecular weight is 264 g/mol. The Morgan fingerprint density at radius 3 is 2.58 bits per heavy atom. The summed E-state index contributed by atoms with van der Waals surface area (Å²) in [5.41, 5.74) is 1.54. The lowest BCUT2D eigenvalue weighted by atomic mass is 9.97. The van der Waals surface area contributed by atoms with E-state index in [0.29, 0.717) is 6.54 Å². The zero-order valence-electron chi connectivity index (χ0n) is 12.1. The summed E-state index contributed by atoms with van der Waals surface area (Å²) in [7, 11) is 0. The van der Waals surface area contributed by atoms with Crippen LogP contribution < -0.4 is 5.32 Å². The summed E-state index contributed by atoms with van der Waals surface area (Å²) >= 11 is 0. The highest BCUT2D eigenvalue weighted by Crippen LogP contribution is 2.19. The Kier molecular flexibility index (Phi) is 6.42. The van der Waals surface area contributed by atoms with Gasteiger partial charge in [0.15, 0.2) is 0 Å². The zero-order chi connectivity index (χ0) is 13.3. The summed E-state index contributed by atoms with van der Waals surface area (Å²) < 4.78 is 0. The molecule has 0 radical (unpaired) electrons. The molecule has 1 aliphatic heterocycles. The van der Waals surface area contributed by atoms with Crippen LogP contribution in [0.4, 0.5) is 0 Å². The maximum absolute atomic E-state index is 11.9. The average Bonchev–Trinajstić information content (AvgIpc) is 2.68. The molecule has 1 amide bonds. The van der Waals surface area contributed by atoms with Crippen LogP contribution in [0, 0.1) is 0 Å². The van der Waals surface area contributed by atoms with E-state index in [0.717, 1.165) is 26.1 Å². The molecule has 3 nitrogen and oxygen atoms in total. The number of allylic oxidation sites excluding steroid dienone is 1. The summed E-state index contributed by atoms with van der Waals surface area (Å²) in [5.74, 6) is 0.207. The molecule has 0 aromatic carbocycles. The molecular formula is C16H28N2O. The van der Waals surface area contributed by atoms with E-state index in [-0.39, 0.29) is 5.91 Å². The normalized spacial score (nSPS) is 21.6. The molecule has 108 valence electrons. The van der Waals surface area contributed by atoms with Crippen molar-refractivity contribution in [3.05, 3.63) is 11.6 Å². The van der Waals surface area contributed by atoms with E-state index >= 15 is 0 Å². The van der Waals surface area contributed by atoms with Gasteiger partial charge in [-0.15, -0.1) is 0 Å². The molecule has 0 aromatic heterocycles. The molecule has 2 rings (SSSR count). The maximum Gasteiger partial charge on any atom is 0.234 e. The van der Waals surface area contributed by atoms with Gasteiger partial charge in [0.05, 0.1) is 6.54 Å². The standard InChI is InChI=1S/C16H28N2O/c19-16(14-18-12-6-1-2-7-13-18)17-11-10-15-8-4-3-5-9-15/h8H,1-7,9-14H2,(H,17,19). The van der Waals surface area contributed by atoms with Crippen LogP contribution >= 0.6 is 0 Å². The van der Waals surface area contributed by atoms with E-state index in [9.17, 15) is 4.79 Å². The van der Waals surface area contributed by atoms with Crippen LogP contribution in [0.1, 0.15) is 57.8 Å². The minimum absolute atomic E-state index is 0.207. The first-order valence-electron chi connectivity index (χ1n) is 8.01. The van der Waals surface area contributed by atoms with Gasteiger partial charge in [0.2, 0.25) is 5.91 Å². The molecule has 2 aliphatic rings. The van der Waals surface area contributed by atoms with Gasteiger partial charge in [0, 0.05) is 6.54 Å². The topological polar surface area (TPSA) is 32.3 Å². The fourth-order valence-electron chi connectivity index (χ4n) is 3.05. The van der Waals surface area contributed by atoms with E-state index in [1.54, 1.807) is 5.57 Å². The first-order chi connectivity index (χ1) is 9.34. The lowest BCUT2D eigenvalue weighted by Gasteiger charge is -2.19. The van der Waals surface area contributed by atoms with Gasteiger partial charge in [-0.05, 0) is 58.0 Å². The number of amides is 1. The summed E-state index contributed by atoms with van der Waals surface area (Å²) in [4.78, 5) is 14.2. The second-order valence-electron chi connectivity index (χ2n) is 5.90. The van der Waals surface area contributed by atoms with E-state index in [2.05, 4.69) is 16.3 Å². The van der Waals surface area contributed by atoms with Crippen molar-refractivity contribution in [1.29, 1.82) is 0 Å². The van der Waals surface area contributed by atoms with Crippen molar-refractivity contribution >= 4 is 5.91 Å². The van der Waals surface area contributed by atoms with Crippen molar-refractivity contribution in [3.63, 3.8) is 0 Å². The van der Waals surface area contributed by atoms with Crippen molar-refractivity contribution in [3.8, 4) is 0 Å². The Morgan fingerprint density at radius 1 is 1.11 bits per heavy atom. The molecule has 0 aromatic rings. The molecule has 3 heteroatoms. The lowest BCUT2D eigenvalue weighted by molar-refractivity contribution is -0.122. The minimum atomic E-state index is 0.207. The zero-order valence-corrected chi connectivity index (χ0v) is 12.1. The van der Waals surface area contributed by atoms with Crippen LogP contribution in [0.15, 0.2) is 11.6 Å². The van der Waals surface area contributed by atoms with Crippen molar-refractivity contribution in [2.45, 2.75) is 57.8 Å². The number of nitrogens with one attached hydrogen (secondary N) is 1. The predicted octanol–water partition coefficient (Wildman–Crippen LogP) is 2.87. The van der Waals surface area contributed by atoms with E-state index in [1.165, 1.54) is 51.4 Å². The predicted molar refractivity (Wildman–Crippen MR) is 79.1 cm³/mol. The molecule has 1 aliphatic carbocycles. The maximum atomic E-state index is 11.9. The summed E-state index contributed by atoms with van der Waals surface area (Å²) in [6.45, 7) is 3.61. The van der Waals surface area contributed by atoms with Crippen molar-refractivity contribution in [1.82, 2.24) is 10.2 Å². The molecule has 1 saturated heterocycles. The van der Waals surface area contributed by atoms with Gasteiger partial charge in [0.1, 0.15) is 0 Å². The van der Waals surface area contributed by atoms with Gasteiger partial charge < -0.3 is 5.32 Å². The van der Waals surface area contributed by atoms with Gasteiger partial charge in [0.25, 0.3) is 0 Å². The highest BCUT2D eigenvalue weighted by Gasteiger charge is 2.12. The Hall–Kier alpha value is -0.830. The van der Waals surface area contributed by atoms with Gasteiger partial charge in [-0.2, -0.15) is 0 Å². The number of likely N-dealkylation sites (tertiary alicyclic amines) is 1. The van der Waals surface area contributed by atoms with Crippen molar-refractivity contribution in [2.24, 2.45) is 0 Å². The molecule has 1 N–H and O–H groups in total. The Balaban J connectivity index is 1.59. The second-order valence-corrected chi connectivity index (χ2v) is 5.90. The SMILES string of the molecule is O=C(CN1CCCCCC1)NCCC1=CCCCC1. The molecule has 1 fully saturated rings. The molecule has 0 atom stereocenters. The third kappa shape index (κ3) is 5.77. The van der Waals surface area contributed by atoms with Crippen LogP contribution in [0.2, 0.25) is 0 Å². The van der Waals surface area contributed by atoms with Crippen molar-refractivity contribution < 1.29 is 4.79 Å². The second kappa shape index (κ2) is 8.36. The molecule has 0 unspecified atom stereocenters. The fourth-order valence-corrected chi connectivity index (χ4v) is 3.05. The van der Waals surface area contributed by atoms with Crippen LogP contribution in [0.5, 0.6) is 0 Å². The van der Waals surface area contributed by atoms with Gasteiger partial charge in [-0.25, -0.2) is 0 Å². The number of rotatable bonds is 5. The minimum Gasteiger partial charge on any atom is -0.355 e. The Labute approximate surface area is 117 Å². The number of hydrogen-bond acceptors (Lipinski definition) is 2. The summed E-state index contributed by atoms with van der Waals surface area (Å²) in [5, 5.41) is 3.08. The highest BCUT2D eigenvalue weighted by molar-refractivity contribution is 5.78. The van der Waals surface area contributed by atoms with Crippen LogP contribution in [0.25, 0.3) is 0 Å². The molecule has 1 heterocycles. The number of carbonyl (C=O) groups excluding carboxylic acids is 1. The van der Waals surface area contributed by atoms with Gasteiger partial charge in [-0.3, -0.25) is 9.69 Å². The fraction of sp³-hybridized carbons (Fsp3) is 0.812. The third-order valence-electron chi connectivity index (χ3n) is 4.22. The van der Waals surface area contributed by atoms with Gasteiger partial charge in [-0.1, -0.05) is 24.5 Å². The quantitative estimate of drug-likeness (QED) is 0.774. The van der Waals surface area contributed by atoms with Crippen LogP contribution in [-0.4, -0.2) is 37.0 Å².